The molecular formula is C26H24N4O6. The summed E-state index contributed by atoms with van der Waals surface area (Å²) in [6.07, 6.45) is 0. The Morgan fingerprint density at radius 3 is 1.97 bits per heavy atom. The molecule has 3 N–H and O–H groups in total. The van der Waals surface area contributed by atoms with Crippen molar-refractivity contribution in [3.8, 4) is 11.5 Å². The zero-order valence-electron chi connectivity index (χ0n) is 19.8. The number of methoxy groups -OCH3 is 1. The first kappa shape index (κ1) is 25.6. The molecule has 10 heteroatoms. The van der Waals surface area contributed by atoms with E-state index in [0.717, 1.165) is 0 Å². The Morgan fingerprint density at radius 1 is 0.750 bits per heavy atom. The predicted molar refractivity (Wildman–Crippen MR) is 134 cm³/mol. The van der Waals surface area contributed by atoms with Gasteiger partial charge in [-0.15, -0.1) is 0 Å². The van der Waals surface area contributed by atoms with Crippen LogP contribution in [0.1, 0.15) is 29.8 Å². The average Bonchev–Trinajstić information content (AvgIpc) is 2.88. The van der Waals surface area contributed by atoms with E-state index >= 15 is 0 Å². The van der Waals surface area contributed by atoms with Gasteiger partial charge in [0.1, 0.15) is 11.5 Å². The third kappa shape index (κ3) is 7.00. The number of anilines is 2. The largest absolute Gasteiger partial charge is 0.497 e. The monoisotopic (exact) mass is 488 g/mol. The van der Waals surface area contributed by atoms with Gasteiger partial charge in [-0.25, -0.2) is 10.2 Å². The van der Waals surface area contributed by atoms with E-state index in [4.69, 9.17) is 9.47 Å². The highest BCUT2D eigenvalue weighted by Gasteiger charge is 2.16. The van der Waals surface area contributed by atoms with Gasteiger partial charge in [0.05, 0.1) is 18.4 Å². The molecule has 0 saturated carbocycles. The highest BCUT2D eigenvalue weighted by atomic mass is 16.5. The van der Waals surface area contributed by atoms with Crippen LogP contribution >= 0.6 is 0 Å². The van der Waals surface area contributed by atoms with E-state index in [1.807, 2.05) is 0 Å². The van der Waals surface area contributed by atoms with Crippen molar-refractivity contribution in [2.75, 3.05) is 17.7 Å². The van der Waals surface area contributed by atoms with E-state index in [9.17, 15) is 19.2 Å². The quantitative estimate of drug-likeness (QED) is 0.153. The van der Waals surface area contributed by atoms with Gasteiger partial charge < -0.3 is 20.1 Å². The van der Waals surface area contributed by atoms with Crippen molar-refractivity contribution in [3.05, 3.63) is 83.9 Å². The fraction of sp³-hybridized carbons (Fsp3) is 0.115. The number of hydrogen-bond acceptors (Lipinski definition) is 7. The molecule has 0 unspecified atom stereocenters. The molecule has 0 aliphatic heterocycles. The first-order valence-corrected chi connectivity index (χ1v) is 10.8. The van der Waals surface area contributed by atoms with Gasteiger partial charge in [0.25, 0.3) is 0 Å². The Labute approximate surface area is 207 Å². The van der Waals surface area contributed by atoms with E-state index in [1.165, 1.54) is 14.0 Å². The molecule has 10 nitrogen and oxygen atoms in total. The van der Waals surface area contributed by atoms with E-state index in [-0.39, 0.29) is 11.7 Å². The molecule has 0 bridgehead atoms. The van der Waals surface area contributed by atoms with Crippen LogP contribution in [0.15, 0.2) is 77.9 Å². The number of ether oxygens (including phenoxy) is 2. The van der Waals surface area contributed by atoms with Gasteiger partial charge in [0, 0.05) is 23.9 Å². The third-order valence-corrected chi connectivity index (χ3v) is 4.80. The SMILES string of the molecule is COc1ccc(C(=O)Oc2ccccc2C(C)=NNC(=O)C(=O)Nc2ccc(NC(C)=O)cc2)cc1. The summed E-state index contributed by atoms with van der Waals surface area (Å²) in [5, 5.41) is 9.01. The molecule has 0 fully saturated rings. The zero-order valence-corrected chi connectivity index (χ0v) is 19.8. The summed E-state index contributed by atoms with van der Waals surface area (Å²) in [7, 11) is 1.53. The van der Waals surface area contributed by atoms with Crippen molar-refractivity contribution < 1.29 is 28.7 Å². The maximum absolute atomic E-state index is 12.5. The minimum absolute atomic E-state index is 0.225. The van der Waals surface area contributed by atoms with Crippen LogP contribution in [0.5, 0.6) is 11.5 Å². The number of benzene rings is 3. The van der Waals surface area contributed by atoms with Crippen LogP contribution in [0.2, 0.25) is 0 Å². The summed E-state index contributed by atoms with van der Waals surface area (Å²) < 4.78 is 10.6. The van der Waals surface area contributed by atoms with Crippen molar-refractivity contribution in [1.29, 1.82) is 0 Å². The molecule has 0 spiro atoms. The summed E-state index contributed by atoms with van der Waals surface area (Å²) in [6.45, 7) is 2.98. The zero-order chi connectivity index (χ0) is 26.1. The van der Waals surface area contributed by atoms with E-state index in [2.05, 4.69) is 21.2 Å². The van der Waals surface area contributed by atoms with Crippen LogP contribution in [0.4, 0.5) is 11.4 Å². The molecule has 0 atom stereocenters. The minimum Gasteiger partial charge on any atom is -0.497 e. The van der Waals surface area contributed by atoms with Gasteiger partial charge in [0.15, 0.2) is 0 Å². The van der Waals surface area contributed by atoms with Gasteiger partial charge in [-0.2, -0.15) is 5.10 Å². The number of rotatable bonds is 7. The molecule has 184 valence electrons. The normalized spacial score (nSPS) is 10.7. The number of esters is 1. The molecule has 3 rings (SSSR count). The molecule has 0 aliphatic rings. The molecule has 0 radical (unpaired) electrons. The van der Waals surface area contributed by atoms with Crippen molar-refractivity contribution in [2.24, 2.45) is 5.10 Å². The number of nitrogens with one attached hydrogen (secondary N) is 3. The molecule has 3 amide bonds. The number of nitrogens with zero attached hydrogens (tertiary/aromatic N) is 1. The maximum atomic E-state index is 12.5. The number of para-hydroxylation sites is 1. The fourth-order valence-corrected chi connectivity index (χ4v) is 3.01. The number of amides is 3. The average molecular weight is 489 g/mol. The lowest BCUT2D eigenvalue weighted by atomic mass is 10.1. The third-order valence-electron chi connectivity index (χ3n) is 4.80. The Morgan fingerprint density at radius 2 is 1.36 bits per heavy atom. The second kappa shape index (κ2) is 11.9. The molecule has 0 aliphatic carbocycles. The lowest BCUT2D eigenvalue weighted by molar-refractivity contribution is -0.136. The Kier molecular flexibility index (Phi) is 8.49. The number of carbonyl (C=O) groups excluding carboxylic acids is 4. The van der Waals surface area contributed by atoms with Crippen LogP contribution in [0.3, 0.4) is 0 Å². The molecule has 0 saturated heterocycles. The van der Waals surface area contributed by atoms with Gasteiger partial charge >= 0.3 is 17.8 Å². The maximum Gasteiger partial charge on any atom is 0.343 e. The second-order valence-corrected chi connectivity index (χ2v) is 7.46. The molecular weight excluding hydrogens is 464 g/mol. The number of hydrazone groups is 1. The highest BCUT2D eigenvalue weighted by molar-refractivity contribution is 6.39. The van der Waals surface area contributed by atoms with Crippen molar-refractivity contribution in [1.82, 2.24) is 5.43 Å². The lowest BCUT2D eigenvalue weighted by Gasteiger charge is -2.10. The van der Waals surface area contributed by atoms with Crippen molar-refractivity contribution in [2.45, 2.75) is 13.8 Å². The van der Waals surface area contributed by atoms with Gasteiger partial charge in [-0.05, 0) is 67.6 Å². The van der Waals surface area contributed by atoms with Crippen molar-refractivity contribution >= 4 is 40.8 Å². The van der Waals surface area contributed by atoms with Gasteiger partial charge in [-0.3, -0.25) is 14.4 Å². The van der Waals surface area contributed by atoms with Crippen LogP contribution in [0.25, 0.3) is 0 Å². The van der Waals surface area contributed by atoms with Crippen LogP contribution in [-0.2, 0) is 14.4 Å². The summed E-state index contributed by atoms with van der Waals surface area (Å²) in [5.74, 6) is -1.89. The fourth-order valence-electron chi connectivity index (χ4n) is 3.01. The summed E-state index contributed by atoms with van der Waals surface area (Å²) in [4.78, 5) is 48.0. The van der Waals surface area contributed by atoms with E-state index < -0.39 is 17.8 Å². The summed E-state index contributed by atoms with van der Waals surface area (Å²) >= 11 is 0. The van der Waals surface area contributed by atoms with E-state index in [0.29, 0.717) is 34.0 Å². The minimum atomic E-state index is -0.993. The topological polar surface area (TPSA) is 135 Å². The molecule has 0 heterocycles. The molecule has 3 aromatic carbocycles. The van der Waals surface area contributed by atoms with Gasteiger partial charge in [0.2, 0.25) is 5.91 Å². The van der Waals surface area contributed by atoms with Gasteiger partial charge in [-0.1, -0.05) is 12.1 Å². The first-order valence-electron chi connectivity index (χ1n) is 10.8. The molecule has 3 aromatic rings. The standard InChI is InChI=1S/C26H24N4O6/c1-16(29-30-25(33)24(32)28-20-12-10-19(11-13-20)27-17(2)31)22-6-4-5-7-23(22)36-26(34)18-8-14-21(35-3)15-9-18/h4-15H,1-3H3,(H,27,31)(H,28,32)(H,30,33). The smallest absolute Gasteiger partial charge is 0.343 e. The van der Waals surface area contributed by atoms with Crippen LogP contribution in [-0.4, -0.2) is 36.5 Å². The first-order chi connectivity index (χ1) is 17.3. The van der Waals surface area contributed by atoms with Crippen molar-refractivity contribution in [3.63, 3.8) is 0 Å². The molecule has 36 heavy (non-hydrogen) atoms. The summed E-state index contributed by atoms with van der Waals surface area (Å²) in [6, 6.07) is 19.4. The highest BCUT2D eigenvalue weighted by Crippen LogP contribution is 2.21. The Bertz CT molecular complexity index is 1300. The Hall–Kier alpha value is -4.99. The second-order valence-electron chi connectivity index (χ2n) is 7.46. The van der Waals surface area contributed by atoms with E-state index in [1.54, 1.807) is 79.7 Å². The number of carbonyl (C=O) groups is 4. The predicted octanol–water partition coefficient (Wildman–Crippen LogP) is 3.35. The molecule has 0 aromatic heterocycles. The van der Waals surface area contributed by atoms with Crippen LogP contribution in [0, 0.1) is 0 Å². The number of hydrogen-bond donors (Lipinski definition) is 3. The van der Waals surface area contributed by atoms with Crippen LogP contribution < -0.4 is 25.5 Å². The Balaban J connectivity index is 1.63. The summed E-state index contributed by atoms with van der Waals surface area (Å²) in [5.41, 5.74) is 4.20. The lowest BCUT2D eigenvalue weighted by Crippen LogP contribution is -2.33.